The zero-order chi connectivity index (χ0) is 12.8. The van der Waals surface area contributed by atoms with E-state index in [2.05, 4.69) is 11.8 Å². The summed E-state index contributed by atoms with van der Waals surface area (Å²) in [5.41, 5.74) is 0. The first-order chi connectivity index (χ1) is 8.79. The summed E-state index contributed by atoms with van der Waals surface area (Å²) in [6.45, 7) is 9.22. The molecule has 0 bridgehead atoms. The van der Waals surface area contributed by atoms with Crippen LogP contribution in [0, 0.1) is 5.92 Å². The Morgan fingerprint density at radius 1 is 1.39 bits per heavy atom. The van der Waals surface area contributed by atoms with E-state index in [0.717, 1.165) is 58.2 Å². The van der Waals surface area contributed by atoms with Gasteiger partial charge in [-0.05, 0) is 31.7 Å². The van der Waals surface area contributed by atoms with E-state index in [4.69, 9.17) is 4.74 Å². The van der Waals surface area contributed by atoms with Crippen LogP contribution in [0.5, 0.6) is 0 Å². The lowest BCUT2D eigenvalue weighted by molar-refractivity contribution is -0.127. The molecule has 0 atom stereocenters. The minimum absolute atomic E-state index is 0.345. The summed E-state index contributed by atoms with van der Waals surface area (Å²) in [6.07, 6.45) is 4.19. The summed E-state index contributed by atoms with van der Waals surface area (Å²) in [4.78, 5) is 16.1. The third-order valence-electron chi connectivity index (χ3n) is 4.16. The summed E-state index contributed by atoms with van der Waals surface area (Å²) >= 11 is 0. The quantitative estimate of drug-likeness (QED) is 0.717. The van der Waals surface area contributed by atoms with E-state index in [1.807, 2.05) is 4.90 Å². The fourth-order valence-corrected chi connectivity index (χ4v) is 2.88. The predicted octanol–water partition coefficient (Wildman–Crippen LogP) is 1.36. The number of likely N-dealkylation sites (tertiary alicyclic amines) is 1. The SMILES string of the molecule is CCN(CCN1CCCC1=O)CC1CCOCC1. The molecule has 2 rings (SSSR count). The van der Waals surface area contributed by atoms with Crippen LogP contribution >= 0.6 is 0 Å². The summed E-state index contributed by atoms with van der Waals surface area (Å²) in [5.74, 6) is 1.13. The number of carbonyl (C=O) groups is 1. The van der Waals surface area contributed by atoms with Crippen LogP contribution in [0.1, 0.15) is 32.6 Å². The van der Waals surface area contributed by atoms with Crippen LogP contribution in [-0.2, 0) is 9.53 Å². The van der Waals surface area contributed by atoms with Crippen molar-refractivity contribution in [3.8, 4) is 0 Å². The number of amides is 1. The molecule has 2 aliphatic heterocycles. The van der Waals surface area contributed by atoms with E-state index in [9.17, 15) is 4.79 Å². The lowest BCUT2D eigenvalue weighted by Crippen LogP contribution is -2.39. The van der Waals surface area contributed by atoms with Crippen molar-refractivity contribution >= 4 is 5.91 Å². The van der Waals surface area contributed by atoms with Gasteiger partial charge in [0.25, 0.3) is 0 Å². The highest BCUT2D eigenvalue weighted by Crippen LogP contribution is 2.16. The number of likely N-dealkylation sites (N-methyl/N-ethyl adjacent to an activating group) is 1. The first kappa shape index (κ1) is 13.8. The molecule has 2 saturated heterocycles. The average Bonchev–Trinajstić information content (AvgIpc) is 2.81. The maximum absolute atomic E-state index is 11.6. The van der Waals surface area contributed by atoms with Gasteiger partial charge in [0, 0.05) is 45.8 Å². The van der Waals surface area contributed by atoms with Crippen LogP contribution < -0.4 is 0 Å². The molecule has 1 amide bonds. The van der Waals surface area contributed by atoms with Crippen LogP contribution in [0.25, 0.3) is 0 Å². The largest absolute Gasteiger partial charge is 0.381 e. The molecule has 0 unspecified atom stereocenters. The van der Waals surface area contributed by atoms with Crippen molar-refractivity contribution in [2.45, 2.75) is 32.6 Å². The Kier molecular flexibility index (Phi) is 5.45. The van der Waals surface area contributed by atoms with E-state index >= 15 is 0 Å². The molecule has 0 aromatic carbocycles. The van der Waals surface area contributed by atoms with Gasteiger partial charge < -0.3 is 14.5 Å². The predicted molar refractivity (Wildman–Crippen MR) is 71.5 cm³/mol. The Morgan fingerprint density at radius 2 is 2.17 bits per heavy atom. The van der Waals surface area contributed by atoms with Crippen molar-refractivity contribution in [2.75, 3.05) is 45.9 Å². The van der Waals surface area contributed by atoms with Crippen molar-refractivity contribution in [1.82, 2.24) is 9.80 Å². The van der Waals surface area contributed by atoms with Gasteiger partial charge in [0.05, 0.1) is 0 Å². The summed E-state index contributed by atoms with van der Waals surface area (Å²) in [7, 11) is 0. The van der Waals surface area contributed by atoms with E-state index in [-0.39, 0.29) is 0 Å². The molecule has 104 valence electrons. The van der Waals surface area contributed by atoms with Crippen molar-refractivity contribution in [1.29, 1.82) is 0 Å². The number of ether oxygens (including phenoxy) is 1. The molecule has 0 radical (unpaired) electrons. The molecule has 0 aliphatic carbocycles. The van der Waals surface area contributed by atoms with Gasteiger partial charge in [-0.1, -0.05) is 6.92 Å². The Bertz CT molecular complexity index is 265. The van der Waals surface area contributed by atoms with Crippen LogP contribution in [0.4, 0.5) is 0 Å². The van der Waals surface area contributed by atoms with Crippen molar-refractivity contribution in [3.63, 3.8) is 0 Å². The molecule has 0 aromatic heterocycles. The van der Waals surface area contributed by atoms with Crippen LogP contribution in [0.3, 0.4) is 0 Å². The van der Waals surface area contributed by atoms with Gasteiger partial charge in [-0.3, -0.25) is 4.79 Å². The number of carbonyl (C=O) groups excluding carboxylic acids is 1. The molecular formula is C14H26N2O2. The van der Waals surface area contributed by atoms with Crippen molar-refractivity contribution in [2.24, 2.45) is 5.92 Å². The first-order valence-electron chi connectivity index (χ1n) is 7.37. The van der Waals surface area contributed by atoms with Crippen molar-refractivity contribution < 1.29 is 9.53 Å². The van der Waals surface area contributed by atoms with E-state index < -0.39 is 0 Å². The van der Waals surface area contributed by atoms with Gasteiger partial charge in [-0.15, -0.1) is 0 Å². The smallest absolute Gasteiger partial charge is 0.222 e. The van der Waals surface area contributed by atoms with E-state index in [1.54, 1.807) is 0 Å². The average molecular weight is 254 g/mol. The highest BCUT2D eigenvalue weighted by atomic mass is 16.5. The number of nitrogens with zero attached hydrogens (tertiary/aromatic N) is 2. The van der Waals surface area contributed by atoms with Gasteiger partial charge in [0.15, 0.2) is 0 Å². The van der Waals surface area contributed by atoms with Gasteiger partial charge >= 0.3 is 0 Å². The van der Waals surface area contributed by atoms with Gasteiger partial charge in [0.2, 0.25) is 5.91 Å². The van der Waals surface area contributed by atoms with Gasteiger partial charge in [0.1, 0.15) is 0 Å². The standard InChI is InChI=1S/C14H26N2O2/c1-2-15(12-13-5-10-18-11-6-13)8-9-16-7-3-4-14(16)17/h13H,2-12H2,1H3. The van der Waals surface area contributed by atoms with Gasteiger partial charge in [-0.2, -0.15) is 0 Å². The number of hydrogen-bond acceptors (Lipinski definition) is 3. The molecule has 4 heteroatoms. The fraction of sp³-hybridized carbons (Fsp3) is 0.929. The molecule has 18 heavy (non-hydrogen) atoms. The summed E-state index contributed by atoms with van der Waals surface area (Å²) in [6, 6.07) is 0. The molecule has 0 aromatic rings. The van der Waals surface area contributed by atoms with E-state index in [1.165, 1.54) is 19.4 Å². The minimum Gasteiger partial charge on any atom is -0.381 e. The monoisotopic (exact) mass is 254 g/mol. The minimum atomic E-state index is 0.345. The maximum atomic E-state index is 11.6. The van der Waals surface area contributed by atoms with Crippen LogP contribution in [0.2, 0.25) is 0 Å². The van der Waals surface area contributed by atoms with E-state index in [0.29, 0.717) is 5.91 Å². The molecule has 0 saturated carbocycles. The highest BCUT2D eigenvalue weighted by Gasteiger charge is 2.21. The maximum Gasteiger partial charge on any atom is 0.222 e. The zero-order valence-electron chi connectivity index (χ0n) is 11.6. The first-order valence-corrected chi connectivity index (χ1v) is 7.37. The highest BCUT2D eigenvalue weighted by molar-refractivity contribution is 5.78. The Morgan fingerprint density at radius 3 is 2.78 bits per heavy atom. The normalized spacial score (nSPS) is 22.1. The molecule has 2 aliphatic rings. The number of hydrogen-bond donors (Lipinski definition) is 0. The second-order valence-corrected chi connectivity index (χ2v) is 5.43. The zero-order valence-corrected chi connectivity index (χ0v) is 11.6. The fourth-order valence-electron chi connectivity index (χ4n) is 2.88. The molecule has 2 fully saturated rings. The third kappa shape index (κ3) is 3.95. The molecule has 4 nitrogen and oxygen atoms in total. The molecule has 0 N–H and O–H groups in total. The topological polar surface area (TPSA) is 32.8 Å². The Labute approximate surface area is 110 Å². The molecule has 2 heterocycles. The molecular weight excluding hydrogens is 228 g/mol. The summed E-state index contributed by atoms with van der Waals surface area (Å²) in [5, 5.41) is 0. The summed E-state index contributed by atoms with van der Waals surface area (Å²) < 4.78 is 5.40. The van der Waals surface area contributed by atoms with Gasteiger partial charge in [-0.25, -0.2) is 0 Å². The third-order valence-corrected chi connectivity index (χ3v) is 4.16. The van der Waals surface area contributed by atoms with Crippen molar-refractivity contribution in [3.05, 3.63) is 0 Å². The Balaban J connectivity index is 1.69. The Hall–Kier alpha value is -0.610. The van der Waals surface area contributed by atoms with Crippen LogP contribution in [-0.4, -0.2) is 61.6 Å². The second-order valence-electron chi connectivity index (χ2n) is 5.43. The van der Waals surface area contributed by atoms with Crippen LogP contribution in [0.15, 0.2) is 0 Å². The lowest BCUT2D eigenvalue weighted by Gasteiger charge is -2.30. The lowest BCUT2D eigenvalue weighted by atomic mass is 10.00. The molecule has 0 spiro atoms. The second kappa shape index (κ2) is 7.10. The number of rotatable bonds is 6.